The lowest BCUT2D eigenvalue weighted by molar-refractivity contribution is 0.0826. The summed E-state index contributed by atoms with van der Waals surface area (Å²) in [6, 6.07) is 0. The summed E-state index contributed by atoms with van der Waals surface area (Å²) in [6.07, 6.45) is 3.70. The van der Waals surface area contributed by atoms with E-state index in [-0.39, 0.29) is 6.10 Å². The van der Waals surface area contributed by atoms with Gasteiger partial charge in [0.15, 0.2) is 5.95 Å². The summed E-state index contributed by atoms with van der Waals surface area (Å²) in [5.41, 5.74) is 0. The summed E-state index contributed by atoms with van der Waals surface area (Å²) in [6.45, 7) is 4.84. The van der Waals surface area contributed by atoms with Gasteiger partial charge in [-0.2, -0.15) is 0 Å². The van der Waals surface area contributed by atoms with Gasteiger partial charge < -0.3 is 19.9 Å². The maximum Gasteiger partial charge on any atom is 0.200 e. The number of aromatic nitrogens is 2. The van der Waals surface area contributed by atoms with Crippen molar-refractivity contribution in [2.24, 2.45) is 0 Å². The molecule has 0 amide bonds. The summed E-state index contributed by atoms with van der Waals surface area (Å²) in [5.74, 6) is 0.788. The van der Waals surface area contributed by atoms with Gasteiger partial charge in [0, 0.05) is 32.6 Å². The first-order chi connectivity index (χ1) is 7.26. The lowest BCUT2D eigenvalue weighted by Gasteiger charge is -2.21. The Labute approximate surface area is 90.8 Å². The van der Waals surface area contributed by atoms with Crippen LogP contribution >= 0.6 is 0 Å². The van der Waals surface area contributed by atoms with Gasteiger partial charge in [-0.25, -0.2) is 4.98 Å². The van der Waals surface area contributed by atoms with Crippen molar-refractivity contribution in [1.29, 1.82) is 0 Å². The lowest BCUT2D eigenvalue weighted by atomic mass is 10.3. The van der Waals surface area contributed by atoms with Gasteiger partial charge >= 0.3 is 0 Å². The number of aromatic amines is 1. The van der Waals surface area contributed by atoms with Crippen molar-refractivity contribution in [3.8, 4) is 0 Å². The first-order valence-corrected chi connectivity index (χ1v) is 5.20. The summed E-state index contributed by atoms with van der Waals surface area (Å²) < 4.78 is 5.38. The van der Waals surface area contributed by atoms with E-state index in [0.717, 1.165) is 25.6 Å². The quantitative estimate of drug-likeness (QED) is 0.701. The van der Waals surface area contributed by atoms with E-state index >= 15 is 0 Å². The van der Waals surface area contributed by atoms with Crippen LogP contribution in [0, 0.1) is 0 Å². The zero-order chi connectivity index (χ0) is 11.1. The van der Waals surface area contributed by atoms with Crippen molar-refractivity contribution < 1.29 is 4.74 Å². The molecule has 15 heavy (non-hydrogen) atoms. The van der Waals surface area contributed by atoms with E-state index in [1.807, 2.05) is 0 Å². The molecule has 86 valence electrons. The van der Waals surface area contributed by atoms with E-state index in [1.165, 1.54) is 0 Å². The topological polar surface area (TPSA) is 53.2 Å². The predicted molar refractivity (Wildman–Crippen MR) is 61.0 cm³/mol. The third-order valence-electron chi connectivity index (χ3n) is 2.38. The molecule has 1 aromatic heterocycles. The molecule has 5 heteroatoms. The molecule has 0 radical (unpaired) electrons. The monoisotopic (exact) mass is 212 g/mol. The average molecular weight is 212 g/mol. The average Bonchev–Trinajstić information content (AvgIpc) is 2.76. The van der Waals surface area contributed by atoms with Gasteiger partial charge in [-0.1, -0.05) is 6.92 Å². The third-order valence-corrected chi connectivity index (χ3v) is 2.38. The van der Waals surface area contributed by atoms with Crippen LogP contribution in [0.2, 0.25) is 0 Å². The van der Waals surface area contributed by atoms with Crippen LogP contribution in [-0.2, 0) is 4.74 Å². The summed E-state index contributed by atoms with van der Waals surface area (Å²) >= 11 is 0. The van der Waals surface area contributed by atoms with Crippen molar-refractivity contribution >= 4 is 5.95 Å². The fraction of sp³-hybridized carbons (Fsp3) is 0.700. The number of nitrogens with one attached hydrogen (secondary N) is 2. The predicted octanol–water partition coefficient (Wildman–Crippen LogP) is 0.788. The Hall–Kier alpha value is -1.07. The van der Waals surface area contributed by atoms with Gasteiger partial charge in [-0.3, -0.25) is 0 Å². The highest BCUT2D eigenvalue weighted by Crippen LogP contribution is 1.98. The fourth-order valence-corrected chi connectivity index (χ4v) is 1.27. The number of nitrogens with zero attached hydrogens (tertiary/aromatic N) is 2. The number of anilines is 1. The first kappa shape index (κ1) is 12.0. The van der Waals surface area contributed by atoms with Crippen LogP contribution in [0.4, 0.5) is 5.95 Å². The van der Waals surface area contributed by atoms with Crippen molar-refractivity contribution in [2.75, 3.05) is 39.1 Å². The molecule has 1 aromatic rings. The molecule has 5 nitrogen and oxygen atoms in total. The van der Waals surface area contributed by atoms with Gasteiger partial charge in [-0.05, 0) is 13.6 Å². The number of likely N-dealkylation sites (N-methyl/N-ethyl adjacent to an activating group) is 1. The van der Waals surface area contributed by atoms with Gasteiger partial charge in [0.25, 0.3) is 0 Å². The molecule has 0 bridgehead atoms. The number of methoxy groups -OCH3 is 1. The smallest absolute Gasteiger partial charge is 0.200 e. The molecule has 0 saturated heterocycles. The molecule has 0 aliphatic carbocycles. The zero-order valence-electron chi connectivity index (χ0n) is 9.66. The molecule has 1 heterocycles. The summed E-state index contributed by atoms with van der Waals surface area (Å²) in [4.78, 5) is 9.30. The molecular weight excluding hydrogens is 192 g/mol. The van der Waals surface area contributed by atoms with Crippen LogP contribution < -0.4 is 5.32 Å². The fourth-order valence-electron chi connectivity index (χ4n) is 1.27. The van der Waals surface area contributed by atoms with E-state index in [1.54, 1.807) is 19.5 Å². The van der Waals surface area contributed by atoms with Crippen LogP contribution in [0.25, 0.3) is 0 Å². The summed E-state index contributed by atoms with van der Waals surface area (Å²) in [7, 11) is 3.82. The molecule has 1 unspecified atom stereocenters. The van der Waals surface area contributed by atoms with Crippen molar-refractivity contribution in [2.45, 2.75) is 13.0 Å². The Kier molecular flexibility index (Phi) is 5.14. The molecule has 0 fully saturated rings. The second kappa shape index (κ2) is 6.42. The van der Waals surface area contributed by atoms with E-state index < -0.39 is 0 Å². The van der Waals surface area contributed by atoms with E-state index in [4.69, 9.17) is 4.74 Å². The van der Waals surface area contributed by atoms with Crippen molar-refractivity contribution in [3.63, 3.8) is 0 Å². The molecule has 0 aliphatic heterocycles. The van der Waals surface area contributed by atoms with Crippen molar-refractivity contribution in [1.82, 2.24) is 14.9 Å². The summed E-state index contributed by atoms with van der Waals surface area (Å²) in [5, 5.41) is 3.19. The van der Waals surface area contributed by atoms with Crippen LogP contribution in [0.15, 0.2) is 12.4 Å². The lowest BCUT2D eigenvalue weighted by Crippen LogP contribution is -2.35. The SMILES string of the molecule is CCN(C)CC(CNc1ncc[nH]1)OC. The minimum absolute atomic E-state index is 0.181. The number of hydrogen-bond donors (Lipinski definition) is 2. The highest BCUT2D eigenvalue weighted by molar-refractivity contribution is 5.22. The number of hydrogen-bond acceptors (Lipinski definition) is 4. The molecular formula is C10H20N4O. The van der Waals surface area contributed by atoms with E-state index in [0.29, 0.717) is 0 Å². The highest BCUT2D eigenvalue weighted by atomic mass is 16.5. The minimum atomic E-state index is 0.181. The van der Waals surface area contributed by atoms with Crippen LogP contribution in [0.3, 0.4) is 0 Å². The maximum atomic E-state index is 5.38. The molecule has 0 aliphatic rings. The first-order valence-electron chi connectivity index (χ1n) is 5.20. The van der Waals surface area contributed by atoms with Gasteiger partial charge in [0.05, 0.1) is 6.10 Å². The Morgan fingerprint density at radius 2 is 2.47 bits per heavy atom. The Morgan fingerprint density at radius 1 is 1.67 bits per heavy atom. The zero-order valence-corrected chi connectivity index (χ0v) is 9.66. The minimum Gasteiger partial charge on any atom is -0.378 e. The number of rotatable bonds is 7. The van der Waals surface area contributed by atoms with Crippen molar-refractivity contribution in [3.05, 3.63) is 12.4 Å². The van der Waals surface area contributed by atoms with Crippen LogP contribution in [-0.4, -0.2) is 54.8 Å². The standard InChI is InChI=1S/C10H20N4O/c1-4-14(2)8-9(15-3)7-13-10-11-5-6-12-10/h5-6,9H,4,7-8H2,1-3H3,(H2,11,12,13). The molecule has 2 N–H and O–H groups in total. The number of imidazole rings is 1. The van der Waals surface area contributed by atoms with E-state index in [2.05, 4.69) is 34.2 Å². The largest absolute Gasteiger partial charge is 0.378 e. The molecule has 0 aromatic carbocycles. The molecule has 0 spiro atoms. The van der Waals surface area contributed by atoms with E-state index in [9.17, 15) is 0 Å². The number of ether oxygens (including phenoxy) is 1. The van der Waals surface area contributed by atoms with Crippen LogP contribution in [0.5, 0.6) is 0 Å². The Morgan fingerprint density at radius 3 is 3.00 bits per heavy atom. The normalized spacial score (nSPS) is 13.1. The van der Waals surface area contributed by atoms with Gasteiger partial charge in [0.2, 0.25) is 0 Å². The van der Waals surface area contributed by atoms with Crippen LogP contribution in [0.1, 0.15) is 6.92 Å². The second-order valence-electron chi connectivity index (χ2n) is 3.53. The Bertz CT molecular complexity index is 250. The third kappa shape index (κ3) is 4.31. The van der Waals surface area contributed by atoms with Gasteiger partial charge in [-0.15, -0.1) is 0 Å². The highest BCUT2D eigenvalue weighted by Gasteiger charge is 2.09. The molecule has 1 rings (SSSR count). The second-order valence-corrected chi connectivity index (χ2v) is 3.53. The molecule has 1 atom stereocenters. The van der Waals surface area contributed by atoms with Gasteiger partial charge in [0.1, 0.15) is 0 Å². The molecule has 0 saturated carbocycles. The number of H-pyrrole nitrogens is 1. The maximum absolute atomic E-state index is 5.38. The Balaban J connectivity index is 2.27.